The minimum Gasteiger partial charge on any atom is -0.314 e. The number of thiophene rings is 1. The molecule has 0 radical (unpaired) electrons. The molecule has 1 aromatic heterocycles. The normalized spacial score (nSPS) is 21.5. The Morgan fingerprint density at radius 3 is 2.53 bits per heavy atom. The molecule has 0 atom stereocenters. The van der Waals surface area contributed by atoms with Gasteiger partial charge in [0.15, 0.2) is 0 Å². The average Bonchev–Trinajstić information content (AvgIpc) is 2.84. The molecule has 0 aliphatic carbocycles. The Morgan fingerprint density at radius 2 is 2.06 bits per heavy atom. The maximum Gasteiger partial charge on any atom is 0.252 e. The van der Waals surface area contributed by atoms with Crippen molar-refractivity contribution in [1.82, 2.24) is 9.62 Å². The Labute approximate surface area is 107 Å². The van der Waals surface area contributed by atoms with E-state index in [-0.39, 0.29) is 5.54 Å². The number of rotatable bonds is 3. The molecular weight excluding hydrogens is 256 g/mol. The number of nitrogens with one attached hydrogen (secondary N) is 1. The van der Waals surface area contributed by atoms with Gasteiger partial charge in [0, 0.05) is 18.6 Å². The van der Waals surface area contributed by atoms with Crippen LogP contribution in [0, 0.1) is 0 Å². The minimum atomic E-state index is -3.25. The summed E-state index contributed by atoms with van der Waals surface area (Å²) in [7, 11) is -1.32. The van der Waals surface area contributed by atoms with E-state index in [4.69, 9.17) is 0 Å². The lowest BCUT2D eigenvalue weighted by Gasteiger charge is -2.38. The fourth-order valence-corrected chi connectivity index (χ4v) is 4.59. The molecule has 1 aliphatic heterocycles. The molecule has 1 aliphatic rings. The first-order valence-electron chi connectivity index (χ1n) is 5.70. The average molecular weight is 274 g/mol. The van der Waals surface area contributed by atoms with Crippen LogP contribution in [0.2, 0.25) is 0 Å². The summed E-state index contributed by atoms with van der Waals surface area (Å²) in [4.78, 5) is 0. The summed E-state index contributed by atoms with van der Waals surface area (Å²) in [6.07, 6.45) is 1.71. The molecule has 0 unspecified atom stereocenters. The molecule has 0 bridgehead atoms. The lowest BCUT2D eigenvalue weighted by Crippen LogP contribution is -2.51. The molecule has 0 saturated carbocycles. The van der Waals surface area contributed by atoms with Gasteiger partial charge in [-0.3, -0.25) is 0 Å². The third-order valence-electron chi connectivity index (χ3n) is 3.52. The van der Waals surface area contributed by atoms with Crippen LogP contribution >= 0.6 is 11.3 Å². The molecule has 96 valence electrons. The van der Waals surface area contributed by atoms with E-state index in [2.05, 4.69) is 12.2 Å². The number of hydrogen-bond acceptors (Lipinski definition) is 4. The molecule has 1 fully saturated rings. The van der Waals surface area contributed by atoms with Crippen molar-refractivity contribution in [2.45, 2.75) is 29.5 Å². The molecule has 1 N–H and O–H groups in total. The van der Waals surface area contributed by atoms with Crippen LogP contribution in [-0.4, -0.2) is 38.4 Å². The van der Waals surface area contributed by atoms with Crippen LogP contribution in [0.15, 0.2) is 21.7 Å². The van der Waals surface area contributed by atoms with Gasteiger partial charge >= 0.3 is 0 Å². The van der Waals surface area contributed by atoms with E-state index in [1.54, 1.807) is 21.8 Å². The molecule has 6 heteroatoms. The molecule has 0 amide bonds. The van der Waals surface area contributed by atoms with Crippen LogP contribution in [0.1, 0.15) is 19.8 Å². The van der Waals surface area contributed by atoms with Crippen molar-refractivity contribution < 1.29 is 8.42 Å². The van der Waals surface area contributed by atoms with Crippen molar-refractivity contribution in [3.8, 4) is 0 Å². The van der Waals surface area contributed by atoms with Crippen molar-refractivity contribution in [3.63, 3.8) is 0 Å². The summed E-state index contributed by atoms with van der Waals surface area (Å²) in [5.74, 6) is 0. The first kappa shape index (κ1) is 13.0. The van der Waals surface area contributed by atoms with E-state index in [9.17, 15) is 8.42 Å². The maximum atomic E-state index is 12.3. The van der Waals surface area contributed by atoms with Crippen molar-refractivity contribution >= 4 is 21.4 Å². The van der Waals surface area contributed by atoms with E-state index in [0.29, 0.717) is 17.3 Å². The Morgan fingerprint density at radius 1 is 1.41 bits per heavy atom. The highest BCUT2D eigenvalue weighted by atomic mass is 32.2. The molecule has 1 aromatic rings. The summed E-state index contributed by atoms with van der Waals surface area (Å²) in [5.41, 5.74) is 0.0709. The zero-order valence-corrected chi connectivity index (χ0v) is 11.8. The van der Waals surface area contributed by atoms with Crippen molar-refractivity contribution in [2.75, 3.05) is 20.1 Å². The zero-order valence-electron chi connectivity index (χ0n) is 10.1. The topological polar surface area (TPSA) is 49.4 Å². The SMILES string of the molecule is CNC1(C)CCN(S(=O)(=O)c2cccs2)CC1. The third-order valence-corrected chi connectivity index (χ3v) is 6.79. The van der Waals surface area contributed by atoms with Gasteiger partial charge in [-0.05, 0) is 38.3 Å². The molecule has 4 nitrogen and oxygen atoms in total. The summed E-state index contributed by atoms with van der Waals surface area (Å²) < 4.78 is 26.6. The molecule has 0 spiro atoms. The molecule has 17 heavy (non-hydrogen) atoms. The predicted molar refractivity (Wildman–Crippen MR) is 69.8 cm³/mol. The summed E-state index contributed by atoms with van der Waals surface area (Å²) in [6.45, 7) is 3.33. The standard InChI is InChI=1S/C11H18N2O2S2/c1-11(12-2)5-7-13(8-6-11)17(14,15)10-4-3-9-16-10/h3-4,9,12H,5-8H2,1-2H3. The Bertz CT molecular complexity index is 460. The monoisotopic (exact) mass is 274 g/mol. The minimum absolute atomic E-state index is 0.0709. The van der Waals surface area contributed by atoms with Crippen LogP contribution in [0.25, 0.3) is 0 Å². The highest BCUT2D eigenvalue weighted by Gasteiger charge is 2.34. The fourth-order valence-electron chi connectivity index (χ4n) is 2.01. The molecule has 0 aromatic carbocycles. The number of piperidine rings is 1. The zero-order chi connectivity index (χ0) is 12.5. The van der Waals surface area contributed by atoms with E-state index < -0.39 is 10.0 Å². The van der Waals surface area contributed by atoms with Crippen molar-refractivity contribution in [2.24, 2.45) is 0 Å². The van der Waals surface area contributed by atoms with Gasteiger partial charge < -0.3 is 5.32 Å². The second-order valence-corrected chi connectivity index (χ2v) is 7.76. The van der Waals surface area contributed by atoms with Crippen LogP contribution < -0.4 is 5.32 Å². The van der Waals surface area contributed by atoms with Gasteiger partial charge in [0.25, 0.3) is 10.0 Å². The molecule has 2 heterocycles. The van der Waals surface area contributed by atoms with Gasteiger partial charge in [0.05, 0.1) is 0 Å². The molecule has 2 rings (SSSR count). The van der Waals surface area contributed by atoms with Gasteiger partial charge in [0.2, 0.25) is 0 Å². The third kappa shape index (κ3) is 2.54. The van der Waals surface area contributed by atoms with Crippen LogP contribution in [0.4, 0.5) is 0 Å². The lowest BCUT2D eigenvalue weighted by molar-refractivity contribution is 0.220. The van der Waals surface area contributed by atoms with E-state index in [0.717, 1.165) is 12.8 Å². The van der Waals surface area contributed by atoms with Crippen LogP contribution in [-0.2, 0) is 10.0 Å². The van der Waals surface area contributed by atoms with Crippen LogP contribution in [0.5, 0.6) is 0 Å². The van der Waals surface area contributed by atoms with Gasteiger partial charge in [-0.2, -0.15) is 4.31 Å². The second kappa shape index (κ2) is 4.68. The van der Waals surface area contributed by atoms with Gasteiger partial charge in [-0.1, -0.05) is 6.07 Å². The van der Waals surface area contributed by atoms with Gasteiger partial charge in [-0.25, -0.2) is 8.42 Å². The first-order chi connectivity index (χ1) is 7.98. The number of sulfonamides is 1. The largest absolute Gasteiger partial charge is 0.314 e. The Balaban J connectivity index is 2.12. The molecule has 1 saturated heterocycles. The highest BCUT2D eigenvalue weighted by Crippen LogP contribution is 2.27. The number of nitrogens with zero attached hydrogens (tertiary/aromatic N) is 1. The summed E-state index contributed by atoms with van der Waals surface area (Å²) in [6, 6.07) is 3.45. The van der Waals surface area contributed by atoms with E-state index in [1.165, 1.54) is 11.3 Å². The van der Waals surface area contributed by atoms with Crippen molar-refractivity contribution in [1.29, 1.82) is 0 Å². The van der Waals surface area contributed by atoms with Gasteiger partial charge in [-0.15, -0.1) is 11.3 Å². The maximum absolute atomic E-state index is 12.3. The molecular formula is C11H18N2O2S2. The Kier molecular flexibility index (Phi) is 3.58. The smallest absolute Gasteiger partial charge is 0.252 e. The second-order valence-electron chi connectivity index (χ2n) is 4.65. The van der Waals surface area contributed by atoms with E-state index in [1.807, 2.05) is 7.05 Å². The highest BCUT2D eigenvalue weighted by molar-refractivity contribution is 7.91. The summed E-state index contributed by atoms with van der Waals surface area (Å²) >= 11 is 1.28. The lowest BCUT2D eigenvalue weighted by atomic mass is 9.91. The Hall–Kier alpha value is -0.430. The van der Waals surface area contributed by atoms with E-state index >= 15 is 0 Å². The van der Waals surface area contributed by atoms with Gasteiger partial charge in [0.1, 0.15) is 4.21 Å². The van der Waals surface area contributed by atoms with Crippen LogP contribution in [0.3, 0.4) is 0 Å². The quantitative estimate of drug-likeness (QED) is 0.909. The van der Waals surface area contributed by atoms with Crippen molar-refractivity contribution in [3.05, 3.63) is 17.5 Å². The first-order valence-corrected chi connectivity index (χ1v) is 8.02. The fraction of sp³-hybridized carbons (Fsp3) is 0.636. The predicted octanol–water partition coefficient (Wildman–Crippen LogP) is 1.51. The number of hydrogen-bond donors (Lipinski definition) is 1. The summed E-state index contributed by atoms with van der Waals surface area (Å²) in [5, 5.41) is 5.07.